The van der Waals surface area contributed by atoms with Gasteiger partial charge < -0.3 is 15.4 Å². The van der Waals surface area contributed by atoms with Gasteiger partial charge in [0.15, 0.2) is 0 Å². The predicted molar refractivity (Wildman–Crippen MR) is 102 cm³/mol. The second-order valence-electron chi connectivity index (χ2n) is 7.22. The first-order valence-electron chi connectivity index (χ1n) is 9.25. The molecule has 1 aromatic heterocycles. The van der Waals surface area contributed by atoms with Crippen LogP contribution in [0.1, 0.15) is 30.7 Å². The maximum absolute atomic E-state index is 13.8. The number of aromatic amines is 1. The molecule has 0 radical (unpaired) electrons. The lowest BCUT2D eigenvalue weighted by Crippen LogP contribution is -2.21. The summed E-state index contributed by atoms with van der Waals surface area (Å²) in [6.45, 7) is 0. The Morgan fingerprint density at radius 3 is 2.71 bits per heavy atom. The van der Waals surface area contributed by atoms with Gasteiger partial charge in [-0.15, -0.1) is 0 Å². The number of carboxylic acid groups (broad SMARTS) is 1. The number of carbonyl (C=O) groups excluding carboxylic acids is 1. The van der Waals surface area contributed by atoms with Crippen LogP contribution in [0.15, 0.2) is 42.5 Å². The minimum absolute atomic E-state index is 0.158. The van der Waals surface area contributed by atoms with Crippen molar-refractivity contribution in [2.45, 2.75) is 25.7 Å². The number of aromatic nitrogens is 2. The molecule has 6 nitrogen and oxygen atoms in total. The van der Waals surface area contributed by atoms with E-state index in [1.165, 1.54) is 6.07 Å². The molecule has 28 heavy (non-hydrogen) atoms. The van der Waals surface area contributed by atoms with Gasteiger partial charge in [-0.2, -0.15) is 0 Å². The lowest BCUT2D eigenvalue weighted by Gasteiger charge is -2.10. The molecule has 1 saturated carbocycles. The van der Waals surface area contributed by atoms with E-state index in [2.05, 4.69) is 15.3 Å². The Bertz CT molecular complexity index is 1050. The van der Waals surface area contributed by atoms with Crippen LogP contribution in [-0.4, -0.2) is 27.0 Å². The summed E-state index contributed by atoms with van der Waals surface area (Å²) in [6, 6.07) is 11.9. The summed E-state index contributed by atoms with van der Waals surface area (Å²) in [5.74, 6) is -1.34. The van der Waals surface area contributed by atoms with Crippen molar-refractivity contribution in [1.82, 2.24) is 9.97 Å². The molecule has 1 aliphatic carbocycles. The third kappa shape index (κ3) is 3.74. The number of anilines is 1. The predicted octanol–water partition coefficient (Wildman–Crippen LogP) is 3.73. The summed E-state index contributed by atoms with van der Waals surface area (Å²) in [7, 11) is 0. The summed E-state index contributed by atoms with van der Waals surface area (Å²) < 4.78 is 13.8. The fraction of sp³-hybridized carbons (Fsp3) is 0.286. The summed E-state index contributed by atoms with van der Waals surface area (Å²) >= 11 is 0. The standard InChI is InChI=1S/C21H20FN3O3/c22-16-4-2-1-3-12(16)10-19-24-17-8-7-15(11-18(17)25-19)23-20(26)13-5-6-14(9-13)21(27)28/h1-4,7-8,11,13-14H,5-6,9-10H2,(H,23,26)(H,24,25)(H,27,28)/t13-,14+/m0/s1. The van der Waals surface area contributed by atoms with Crippen LogP contribution in [0, 0.1) is 17.7 Å². The van der Waals surface area contributed by atoms with E-state index in [9.17, 15) is 14.0 Å². The quantitative estimate of drug-likeness (QED) is 0.627. The molecule has 0 aliphatic heterocycles. The molecule has 1 heterocycles. The molecule has 2 aromatic carbocycles. The van der Waals surface area contributed by atoms with E-state index in [4.69, 9.17) is 5.11 Å². The van der Waals surface area contributed by atoms with Crippen molar-refractivity contribution in [2.75, 3.05) is 5.32 Å². The van der Waals surface area contributed by atoms with Crippen LogP contribution in [0.2, 0.25) is 0 Å². The van der Waals surface area contributed by atoms with Gasteiger partial charge in [0.05, 0.1) is 17.0 Å². The van der Waals surface area contributed by atoms with Crippen molar-refractivity contribution >= 4 is 28.6 Å². The first-order valence-corrected chi connectivity index (χ1v) is 9.25. The van der Waals surface area contributed by atoms with E-state index in [0.717, 1.165) is 11.0 Å². The largest absolute Gasteiger partial charge is 0.481 e. The maximum atomic E-state index is 13.8. The van der Waals surface area contributed by atoms with Crippen LogP contribution in [0.3, 0.4) is 0 Å². The fourth-order valence-electron chi connectivity index (χ4n) is 3.73. The van der Waals surface area contributed by atoms with E-state index in [1.807, 2.05) is 0 Å². The van der Waals surface area contributed by atoms with Crippen LogP contribution in [0.4, 0.5) is 10.1 Å². The number of benzene rings is 2. The van der Waals surface area contributed by atoms with E-state index in [1.54, 1.807) is 36.4 Å². The van der Waals surface area contributed by atoms with Gasteiger partial charge in [0.1, 0.15) is 11.6 Å². The lowest BCUT2D eigenvalue weighted by molar-refractivity contribution is -0.141. The fourth-order valence-corrected chi connectivity index (χ4v) is 3.73. The number of amides is 1. The molecule has 3 aromatic rings. The number of nitrogens with one attached hydrogen (secondary N) is 2. The Balaban J connectivity index is 1.47. The van der Waals surface area contributed by atoms with Gasteiger partial charge in [-0.05, 0) is 49.1 Å². The van der Waals surface area contributed by atoms with Crippen LogP contribution < -0.4 is 5.32 Å². The van der Waals surface area contributed by atoms with Crippen LogP contribution in [-0.2, 0) is 16.0 Å². The molecule has 1 amide bonds. The third-order valence-electron chi connectivity index (χ3n) is 5.27. The first-order chi connectivity index (χ1) is 13.5. The Hall–Kier alpha value is -3.22. The zero-order valence-electron chi connectivity index (χ0n) is 15.1. The topological polar surface area (TPSA) is 95.1 Å². The summed E-state index contributed by atoms with van der Waals surface area (Å²) in [5.41, 5.74) is 2.66. The minimum atomic E-state index is -0.837. The highest BCUT2D eigenvalue weighted by atomic mass is 19.1. The van der Waals surface area contributed by atoms with Crippen molar-refractivity contribution in [1.29, 1.82) is 0 Å². The molecule has 0 saturated heterocycles. The number of hydrogen-bond acceptors (Lipinski definition) is 3. The van der Waals surface area contributed by atoms with Crippen molar-refractivity contribution in [2.24, 2.45) is 11.8 Å². The second kappa shape index (κ2) is 7.42. The average Bonchev–Trinajstić information content (AvgIpc) is 3.30. The molecular weight excluding hydrogens is 361 g/mol. The maximum Gasteiger partial charge on any atom is 0.306 e. The number of nitrogens with zero attached hydrogens (tertiary/aromatic N) is 1. The van der Waals surface area contributed by atoms with Gasteiger partial charge >= 0.3 is 5.97 Å². The highest BCUT2D eigenvalue weighted by Gasteiger charge is 2.33. The Morgan fingerprint density at radius 1 is 1.18 bits per heavy atom. The molecule has 0 bridgehead atoms. The number of carbonyl (C=O) groups is 2. The average molecular weight is 381 g/mol. The Labute approximate surface area is 160 Å². The number of aliphatic carboxylic acids is 1. The molecular formula is C21H20FN3O3. The molecule has 3 N–H and O–H groups in total. The number of hydrogen-bond donors (Lipinski definition) is 3. The van der Waals surface area contributed by atoms with Crippen molar-refractivity contribution in [3.8, 4) is 0 Å². The number of halogens is 1. The number of H-pyrrole nitrogens is 1. The van der Waals surface area contributed by atoms with Crippen LogP contribution >= 0.6 is 0 Å². The molecule has 2 atom stereocenters. The molecule has 0 unspecified atom stereocenters. The zero-order valence-corrected chi connectivity index (χ0v) is 15.1. The van der Waals surface area contributed by atoms with E-state index < -0.39 is 11.9 Å². The molecule has 1 fully saturated rings. The van der Waals surface area contributed by atoms with E-state index >= 15 is 0 Å². The van der Waals surface area contributed by atoms with Crippen molar-refractivity contribution < 1.29 is 19.1 Å². The van der Waals surface area contributed by atoms with Crippen molar-refractivity contribution in [3.63, 3.8) is 0 Å². The number of fused-ring (bicyclic) bond motifs is 1. The smallest absolute Gasteiger partial charge is 0.306 e. The van der Waals surface area contributed by atoms with Gasteiger partial charge in [0.25, 0.3) is 0 Å². The monoisotopic (exact) mass is 381 g/mol. The third-order valence-corrected chi connectivity index (χ3v) is 5.27. The summed E-state index contributed by atoms with van der Waals surface area (Å²) in [5, 5.41) is 11.9. The number of imidazole rings is 1. The minimum Gasteiger partial charge on any atom is -0.481 e. The molecule has 1 aliphatic rings. The van der Waals surface area contributed by atoms with Crippen molar-refractivity contribution in [3.05, 3.63) is 59.7 Å². The van der Waals surface area contributed by atoms with Gasteiger partial charge in [-0.1, -0.05) is 18.2 Å². The Kier molecular flexibility index (Phi) is 4.81. The molecule has 7 heteroatoms. The van der Waals surface area contributed by atoms with Gasteiger partial charge in [-0.3, -0.25) is 9.59 Å². The summed E-state index contributed by atoms with van der Waals surface area (Å²) in [4.78, 5) is 31.1. The number of carboxylic acids is 1. The molecule has 144 valence electrons. The zero-order chi connectivity index (χ0) is 19.7. The molecule has 0 spiro atoms. The van der Waals surface area contributed by atoms with Gasteiger partial charge in [0, 0.05) is 18.0 Å². The van der Waals surface area contributed by atoms with Crippen LogP contribution in [0.25, 0.3) is 11.0 Å². The van der Waals surface area contributed by atoms with E-state index in [0.29, 0.717) is 42.8 Å². The Morgan fingerprint density at radius 2 is 1.96 bits per heavy atom. The summed E-state index contributed by atoms with van der Waals surface area (Å²) in [6.07, 6.45) is 1.84. The highest BCUT2D eigenvalue weighted by molar-refractivity contribution is 5.95. The SMILES string of the molecule is O=C(O)[C@@H]1CC[C@H](C(=O)Nc2ccc3nc(Cc4ccccc4F)[nH]c3c2)C1. The first kappa shape index (κ1) is 18.2. The highest BCUT2D eigenvalue weighted by Crippen LogP contribution is 2.32. The lowest BCUT2D eigenvalue weighted by atomic mass is 10.0. The molecule has 4 rings (SSSR count). The van der Waals surface area contributed by atoms with Gasteiger partial charge in [-0.25, -0.2) is 9.37 Å². The van der Waals surface area contributed by atoms with Gasteiger partial charge in [0.2, 0.25) is 5.91 Å². The normalized spacial score (nSPS) is 19.0. The second-order valence-corrected chi connectivity index (χ2v) is 7.22. The number of rotatable bonds is 5. The van der Waals surface area contributed by atoms with Crippen LogP contribution in [0.5, 0.6) is 0 Å². The van der Waals surface area contributed by atoms with E-state index in [-0.39, 0.29) is 17.6 Å².